The van der Waals surface area contributed by atoms with Crippen molar-refractivity contribution in [1.29, 1.82) is 0 Å². The van der Waals surface area contributed by atoms with Crippen molar-refractivity contribution in [3.8, 4) is 5.82 Å². The Hall–Kier alpha value is -3.26. The van der Waals surface area contributed by atoms with Crippen molar-refractivity contribution >= 4 is 23.1 Å². The molecule has 8 heteroatoms. The Morgan fingerprint density at radius 3 is 2.48 bits per heavy atom. The van der Waals surface area contributed by atoms with Crippen LogP contribution in [0.15, 0.2) is 54.9 Å². The van der Waals surface area contributed by atoms with Crippen LogP contribution in [0.5, 0.6) is 0 Å². The molecule has 1 aliphatic rings. The Balaban J connectivity index is 1.35. The van der Waals surface area contributed by atoms with E-state index in [0.717, 1.165) is 24.2 Å². The number of nitrogens with zero attached hydrogens (tertiary/aromatic N) is 4. The summed E-state index contributed by atoms with van der Waals surface area (Å²) in [6.45, 7) is 1.31. The fraction of sp³-hybridized carbons (Fsp3) is 0.263. The molecule has 8 nitrogen and oxygen atoms in total. The van der Waals surface area contributed by atoms with E-state index in [1.165, 1.54) is 0 Å². The van der Waals surface area contributed by atoms with E-state index in [9.17, 15) is 4.79 Å². The molecular weight excluding hydrogens is 344 g/mol. The van der Waals surface area contributed by atoms with Crippen LogP contribution in [-0.4, -0.2) is 39.1 Å². The lowest BCUT2D eigenvalue weighted by Gasteiger charge is -2.21. The maximum Gasteiger partial charge on any atom is 0.227 e. The molecule has 0 bridgehead atoms. The predicted octanol–water partition coefficient (Wildman–Crippen LogP) is 2.77. The molecule has 1 saturated heterocycles. The number of aromatic nitrogens is 4. The van der Waals surface area contributed by atoms with E-state index in [1.54, 1.807) is 10.9 Å². The first kappa shape index (κ1) is 17.2. The number of hydrogen-bond donors (Lipinski definition) is 2. The summed E-state index contributed by atoms with van der Waals surface area (Å²) in [6, 6.07) is 13.0. The zero-order valence-electron chi connectivity index (χ0n) is 14.7. The molecule has 1 amide bonds. The number of anilines is 3. The molecule has 1 aromatic carbocycles. The van der Waals surface area contributed by atoms with E-state index >= 15 is 0 Å². The SMILES string of the molecule is O=C(Nc1ccc(Nc2ccc(-n3cccn3)nn2)cc1)C1CCOCC1. The summed E-state index contributed by atoms with van der Waals surface area (Å²) in [5.41, 5.74) is 1.64. The fourth-order valence-corrected chi connectivity index (χ4v) is 2.91. The van der Waals surface area contributed by atoms with Crippen molar-refractivity contribution in [2.45, 2.75) is 12.8 Å². The largest absolute Gasteiger partial charge is 0.381 e. The van der Waals surface area contributed by atoms with Crippen LogP contribution in [0.3, 0.4) is 0 Å². The summed E-state index contributed by atoms with van der Waals surface area (Å²) >= 11 is 0. The van der Waals surface area contributed by atoms with Gasteiger partial charge in [-0.25, -0.2) is 4.68 Å². The van der Waals surface area contributed by atoms with Crippen molar-refractivity contribution in [3.05, 3.63) is 54.9 Å². The standard InChI is InChI=1S/C19H20N6O2/c26-19(14-8-12-27-13-9-14)22-16-4-2-15(3-5-16)21-17-6-7-18(24-23-17)25-11-1-10-20-25/h1-7,10-11,14H,8-9,12-13H2,(H,21,23)(H,22,26). The second kappa shape index (κ2) is 7.96. The minimum absolute atomic E-state index is 0.0279. The van der Waals surface area contributed by atoms with Crippen LogP contribution in [0.25, 0.3) is 5.82 Å². The smallest absolute Gasteiger partial charge is 0.227 e. The van der Waals surface area contributed by atoms with Gasteiger partial charge in [-0.2, -0.15) is 5.10 Å². The highest BCUT2D eigenvalue weighted by molar-refractivity contribution is 5.92. The molecule has 2 aromatic heterocycles. The molecule has 0 unspecified atom stereocenters. The van der Waals surface area contributed by atoms with Crippen molar-refractivity contribution in [2.75, 3.05) is 23.8 Å². The third-order valence-electron chi connectivity index (χ3n) is 4.41. The highest BCUT2D eigenvalue weighted by atomic mass is 16.5. The Morgan fingerprint density at radius 2 is 1.81 bits per heavy atom. The van der Waals surface area contributed by atoms with Crippen LogP contribution in [0.2, 0.25) is 0 Å². The van der Waals surface area contributed by atoms with Gasteiger partial charge in [-0.1, -0.05) is 0 Å². The lowest BCUT2D eigenvalue weighted by molar-refractivity contribution is -0.122. The quantitative estimate of drug-likeness (QED) is 0.723. The normalized spacial score (nSPS) is 14.7. The lowest BCUT2D eigenvalue weighted by Crippen LogP contribution is -2.28. The molecule has 0 radical (unpaired) electrons. The molecule has 1 aliphatic heterocycles. The summed E-state index contributed by atoms with van der Waals surface area (Å²) in [7, 11) is 0. The lowest BCUT2D eigenvalue weighted by atomic mass is 9.99. The first-order valence-electron chi connectivity index (χ1n) is 8.87. The number of nitrogens with one attached hydrogen (secondary N) is 2. The monoisotopic (exact) mass is 364 g/mol. The molecule has 1 fully saturated rings. The third kappa shape index (κ3) is 4.29. The molecule has 138 valence electrons. The molecule has 3 aromatic rings. The Bertz CT molecular complexity index is 872. The van der Waals surface area contributed by atoms with Crippen LogP contribution in [0, 0.1) is 5.92 Å². The van der Waals surface area contributed by atoms with Gasteiger partial charge in [0.15, 0.2) is 11.6 Å². The minimum Gasteiger partial charge on any atom is -0.381 e. The van der Waals surface area contributed by atoms with E-state index in [0.29, 0.717) is 24.8 Å². The molecule has 0 spiro atoms. The summed E-state index contributed by atoms with van der Waals surface area (Å²) in [4.78, 5) is 12.3. The number of amides is 1. The van der Waals surface area contributed by atoms with Gasteiger partial charge in [0, 0.05) is 42.9 Å². The summed E-state index contributed by atoms with van der Waals surface area (Å²) in [5, 5.41) is 18.6. The summed E-state index contributed by atoms with van der Waals surface area (Å²) in [5.74, 6) is 1.36. The zero-order valence-corrected chi connectivity index (χ0v) is 14.7. The molecule has 4 rings (SSSR count). The second-order valence-corrected chi connectivity index (χ2v) is 6.31. The Labute approximate surface area is 156 Å². The molecule has 27 heavy (non-hydrogen) atoms. The van der Waals surface area contributed by atoms with Crippen molar-refractivity contribution < 1.29 is 9.53 Å². The van der Waals surface area contributed by atoms with Crippen molar-refractivity contribution in [1.82, 2.24) is 20.0 Å². The van der Waals surface area contributed by atoms with Gasteiger partial charge in [0.2, 0.25) is 5.91 Å². The Kier molecular flexibility index (Phi) is 5.06. The van der Waals surface area contributed by atoms with Gasteiger partial charge >= 0.3 is 0 Å². The van der Waals surface area contributed by atoms with Gasteiger partial charge in [0.1, 0.15) is 0 Å². The first-order valence-corrected chi connectivity index (χ1v) is 8.87. The zero-order chi connectivity index (χ0) is 18.5. The van der Waals surface area contributed by atoms with Gasteiger partial charge in [-0.15, -0.1) is 10.2 Å². The first-order chi connectivity index (χ1) is 13.3. The van der Waals surface area contributed by atoms with Crippen LogP contribution in [-0.2, 0) is 9.53 Å². The highest BCUT2D eigenvalue weighted by Gasteiger charge is 2.21. The van der Waals surface area contributed by atoms with Crippen LogP contribution in [0.4, 0.5) is 17.2 Å². The summed E-state index contributed by atoms with van der Waals surface area (Å²) < 4.78 is 6.94. The molecule has 2 N–H and O–H groups in total. The van der Waals surface area contributed by atoms with Gasteiger partial charge in [0.25, 0.3) is 0 Å². The highest BCUT2D eigenvalue weighted by Crippen LogP contribution is 2.20. The molecular formula is C19H20N6O2. The predicted molar refractivity (Wildman–Crippen MR) is 101 cm³/mol. The van der Waals surface area contributed by atoms with Crippen molar-refractivity contribution in [3.63, 3.8) is 0 Å². The average molecular weight is 364 g/mol. The Morgan fingerprint density at radius 1 is 1.04 bits per heavy atom. The minimum atomic E-state index is 0.0279. The van der Waals surface area contributed by atoms with Crippen molar-refractivity contribution in [2.24, 2.45) is 5.92 Å². The van der Waals surface area contributed by atoms with Gasteiger partial charge in [0.05, 0.1) is 0 Å². The number of ether oxygens (including phenoxy) is 1. The number of rotatable bonds is 5. The van der Waals surface area contributed by atoms with Crippen LogP contribution in [0.1, 0.15) is 12.8 Å². The topological polar surface area (TPSA) is 94.0 Å². The molecule has 0 aliphatic carbocycles. The fourth-order valence-electron chi connectivity index (χ4n) is 2.91. The average Bonchev–Trinajstić information content (AvgIpc) is 3.26. The number of carbonyl (C=O) groups is 1. The van der Waals surface area contributed by atoms with E-state index in [-0.39, 0.29) is 11.8 Å². The van der Waals surface area contributed by atoms with E-state index < -0.39 is 0 Å². The molecule has 3 heterocycles. The van der Waals surface area contributed by atoms with Gasteiger partial charge in [-0.3, -0.25) is 4.79 Å². The van der Waals surface area contributed by atoms with Gasteiger partial charge < -0.3 is 15.4 Å². The number of benzene rings is 1. The van der Waals surface area contributed by atoms with Crippen LogP contribution >= 0.6 is 0 Å². The van der Waals surface area contributed by atoms with E-state index in [2.05, 4.69) is 25.9 Å². The van der Waals surface area contributed by atoms with Gasteiger partial charge in [-0.05, 0) is 55.3 Å². The van der Waals surface area contributed by atoms with Crippen LogP contribution < -0.4 is 10.6 Å². The number of carbonyl (C=O) groups excluding carboxylic acids is 1. The summed E-state index contributed by atoms with van der Waals surface area (Å²) in [6.07, 6.45) is 5.05. The van der Waals surface area contributed by atoms with E-state index in [4.69, 9.17) is 4.74 Å². The maximum atomic E-state index is 12.3. The molecule has 0 saturated carbocycles. The van der Waals surface area contributed by atoms with E-state index in [1.807, 2.05) is 48.7 Å². The molecule has 0 atom stereocenters. The second-order valence-electron chi connectivity index (χ2n) is 6.31. The number of hydrogen-bond acceptors (Lipinski definition) is 6. The maximum absolute atomic E-state index is 12.3. The third-order valence-corrected chi connectivity index (χ3v) is 4.41.